The van der Waals surface area contributed by atoms with Crippen molar-refractivity contribution in [3.05, 3.63) is 102 Å². The fraction of sp³-hybridized carbons (Fsp3) is 0.436. The highest BCUT2D eigenvalue weighted by molar-refractivity contribution is 5.97. The summed E-state index contributed by atoms with van der Waals surface area (Å²) in [5.74, 6) is -0.589. The van der Waals surface area contributed by atoms with Gasteiger partial charge in [-0.15, -0.1) is 0 Å². The Balaban J connectivity index is 1.06. The van der Waals surface area contributed by atoms with Crippen LogP contribution in [0, 0.1) is 0 Å². The summed E-state index contributed by atoms with van der Waals surface area (Å²) in [6.07, 6.45) is 6.81. The quantitative estimate of drug-likeness (QED) is 0.340. The van der Waals surface area contributed by atoms with Gasteiger partial charge in [-0.2, -0.15) is 0 Å². The second-order valence-corrected chi connectivity index (χ2v) is 13.9. The minimum Gasteiger partial charge on any atom is -0.352 e. The standard InChI is InChI=1S/C39H46N6O4/c46-34(41-31-16-6-2-7-17-31)26-44-27-45(32-18-8-3-9-19-32)39(38(44)49)20-22-43(23-21-39)37(48)35(28-12-4-1-5-13-28)42-36(47)33-24-29-14-10-11-15-30(29)25-40-33/h1,3-5,8-15,18-19,31,33,35,40H,2,6-7,16-17,20-27H2,(H,41,46)(H,42,47)/t33-,35+/m1/s1. The molecule has 0 unspecified atom stereocenters. The summed E-state index contributed by atoms with van der Waals surface area (Å²) in [6.45, 7) is 1.63. The number of carbonyl (C=O) groups is 4. The van der Waals surface area contributed by atoms with Crippen LogP contribution >= 0.6 is 0 Å². The molecule has 0 bridgehead atoms. The summed E-state index contributed by atoms with van der Waals surface area (Å²) in [4.78, 5) is 60.9. The van der Waals surface area contributed by atoms with Gasteiger partial charge in [-0.05, 0) is 60.9 Å². The zero-order valence-electron chi connectivity index (χ0n) is 28.0. The zero-order chi connectivity index (χ0) is 33.8. The van der Waals surface area contributed by atoms with Crippen LogP contribution < -0.4 is 20.9 Å². The van der Waals surface area contributed by atoms with Gasteiger partial charge in [0.05, 0.1) is 12.7 Å². The number of likely N-dealkylation sites (tertiary alicyclic amines) is 1. The van der Waals surface area contributed by atoms with Crippen LogP contribution in [0.5, 0.6) is 0 Å². The average Bonchev–Trinajstić information content (AvgIpc) is 3.40. The molecule has 0 radical (unpaired) electrons. The van der Waals surface area contributed by atoms with E-state index in [1.54, 1.807) is 9.80 Å². The molecule has 3 aromatic rings. The SMILES string of the molecule is O=C(CN1CN(c2ccccc2)C2(CCN(C(=O)[C@@H](NC(=O)[C@H]3Cc4ccccc4CN3)c3ccccc3)CC2)C1=O)NC1CCCCC1. The molecule has 10 heteroatoms. The van der Waals surface area contributed by atoms with E-state index in [1.807, 2.05) is 78.9 Å². The van der Waals surface area contributed by atoms with E-state index in [2.05, 4.69) is 26.9 Å². The van der Waals surface area contributed by atoms with E-state index in [0.29, 0.717) is 45.6 Å². The highest BCUT2D eigenvalue weighted by Crippen LogP contribution is 2.40. The molecule has 256 valence electrons. The van der Waals surface area contributed by atoms with Crippen molar-refractivity contribution >= 4 is 29.3 Å². The molecular weight excluding hydrogens is 616 g/mol. The van der Waals surface area contributed by atoms with Gasteiger partial charge < -0.3 is 30.7 Å². The maximum Gasteiger partial charge on any atom is 0.250 e. The van der Waals surface area contributed by atoms with E-state index >= 15 is 0 Å². The fourth-order valence-electron chi connectivity index (χ4n) is 8.11. The van der Waals surface area contributed by atoms with Gasteiger partial charge in [-0.3, -0.25) is 19.2 Å². The Morgan fingerprint density at radius 1 is 0.837 bits per heavy atom. The van der Waals surface area contributed by atoms with E-state index in [0.717, 1.165) is 42.5 Å². The van der Waals surface area contributed by atoms with Crippen molar-refractivity contribution in [1.29, 1.82) is 0 Å². The first-order valence-electron chi connectivity index (χ1n) is 17.8. The molecule has 3 N–H and O–H groups in total. The number of rotatable bonds is 8. The third kappa shape index (κ3) is 6.92. The van der Waals surface area contributed by atoms with Crippen LogP contribution in [0.1, 0.15) is 67.7 Å². The molecule has 0 aromatic heterocycles. The third-order valence-electron chi connectivity index (χ3n) is 10.9. The first kappa shape index (κ1) is 32.8. The first-order valence-corrected chi connectivity index (χ1v) is 17.8. The van der Waals surface area contributed by atoms with Crippen molar-refractivity contribution in [1.82, 2.24) is 25.8 Å². The van der Waals surface area contributed by atoms with Crippen LogP contribution in [-0.4, -0.2) is 77.4 Å². The number of hydrogen-bond acceptors (Lipinski definition) is 6. The number of para-hydroxylation sites is 1. The fourth-order valence-corrected chi connectivity index (χ4v) is 8.11. The lowest BCUT2D eigenvalue weighted by Crippen LogP contribution is -2.59. The normalized spacial score (nSPS) is 21.3. The van der Waals surface area contributed by atoms with E-state index in [1.165, 1.54) is 12.0 Å². The van der Waals surface area contributed by atoms with Crippen LogP contribution in [0.4, 0.5) is 5.69 Å². The van der Waals surface area contributed by atoms with E-state index in [4.69, 9.17) is 0 Å². The molecule has 3 aromatic carbocycles. The molecule has 1 saturated carbocycles. The molecule has 2 atom stereocenters. The monoisotopic (exact) mass is 662 g/mol. The van der Waals surface area contributed by atoms with E-state index in [-0.39, 0.29) is 36.2 Å². The maximum absolute atomic E-state index is 14.3. The number of benzene rings is 3. The second kappa shape index (κ2) is 14.4. The van der Waals surface area contributed by atoms with Crippen molar-refractivity contribution < 1.29 is 19.2 Å². The van der Waals surface area contributed by atoms with Gasteiger partial charge in [0.25, 0.3) is 5.91 Å². The number of hydrogen-bond donors (Lipinski definition) is 3. The first-order chi connectivity index (χ1) is 23.9. The predicted molar refractivity (Wildman–Crippen MR) is 187 cm³/mol. The van der Waals surface area contributed by atoms with Crippen LogP contribution in [0.3, 0.4) is 0 Å². The predicted octanol–water partition coefficient (Wildman–Crippen LogP) is 3.67. The van der Waals surface area contributed by atoms with Crippen molar-refractivity contribution in [2.75, 3.05) is 31.2 Å². The van der Waals surface area contributed by atoms with Gasteiger partial charge >= 0.3 is 0 Å². The molecule has 49 heavy (non-hydrogen) atoms. The largest absolute Gasteiger partial charge is 0.352 e. The Kier molecular flexibility index (Phi) is 9.66. The van der Waals surface area contributed by atoms with Gasteiger partial charge in [-0.25, -0.2) is 0 Å². The number of amides is 4. The number of nitrogens with one attached hydrogen (secondary N) is 3. The maximum atomic E-state index is 14.3. The van der Waals surface area contributed by atoms with E-state index < -0.39 is 17.6 Å². The lowest BCUT2D eigenvalue weighted by molar-refractivity contribution is -0.142. The highest BCUT2D eigenvalue weighted by atomic mass is 16.2. The van der Waals surface area contributed by atoms with Gasteiger partial charge in [0.1, 0.15) is 18.1 Å². The van der Waals surface area contributed by atoms with Crippen LogP contribution in [0.25, 0.3) is 0 Å². The van der Waals surface area contributed by atoms with Gasteiger partial charge in [0.2, 0.25) is 17.7 Å². The molecule has 3 heterocycles. The molecule has 10 nitrogen and oxygen atoms in total. The molecule has 1 spiro atoms. The minimum atomic E-state index is -0.867. The minimum absolute atomic E-state index is 0.0187. The van der Waals surface area contributed by atoms with Gasteiger partial charge in [0, 0.05) is 31.4 Å². The molecular formula is C39H46N6O4. The number of anilines is 1. The number of nitrogens with zero attached hydrogens (tertiary/aromatic N) is 3. The summed E-state index contributed by atoms with van der Waals surface area (Å²) in [6, 6.07) is 26.2. The number of carbonyl (C=O) groups excluding carboxylic acids is 4. The number of piperidine rings is 1. The second-order valence-electron chi connectivity index (χ2n) is 13.9. The summed E-state index contributed by atoms with van der Waals surface area (Å²) in [7, 11) is 0. The van der Waals surface area contributed by atoms with Crippen LogP contribution in [0.15, 0.2) is 84.9 Å². The average molecular weight is 663 g/mol. The van der Waals surface area contributed by atoms with Crippen molar-refractivity contribution in [2.24, 2.45) is 0 Å². The van der Waals surface area contributed by atoms with Gasteiger partial charge in [0.15, 0.2) is 0 Å². The topological polar surface area (TPSA) is 114 Å². The van der Waals surface area contributed by atoms with Crippen LogP contribution in [0.2, 0.25) is 0 Å². The summed E-state index contributed by atoms with van der Waals surface area (Å²) in [5.41, 5.74) is 3.08. The molecule has 4 amide bonds. The lowest BCUT2D eigenvalue weighted by atomic mass is 9.85. The zero-order valence-corrected chi connectivity index (χ0v) is 28.0. The summed E-state index contributed by atoms with van der Waals surface area (Å²) >= 11 is 0. The Labute approximate surface area is 288 Å². The Hall–Kier alpha value is -4.70. The van der Waals surface area contributed by atoms with Crippen LogP contribution in [-0.2, 0) is 32.1 Å². The molecule has 1 aliphatic carbocycles. The third-order valence-corrected chi connectivity index (χ3v) is 10.9. The lowest BCUT2D eigenvalue weighted by Gasteiger charge is -2.44. The smallest absolute Gasteiger partial charge is 0.250 e. The molecule has 7 rings (SSSR count). The molecule has 4 aliphatic rings. The summed E-state index contributed by atoms with van der Waals surface area (Å²) in [5, 5.41) is 9.57. The van der Waals surface area contributed by atoms with Crippen molar-refractivity contribution in [3.63, 3.8) is 0 Å². The summed E-state index contributed by atoms with van der Waals surface area (Å²) < 4.78 is 0. The molecule has 3 aliphatic heterocycles. The molecule has 2 saturated heterocycles. The number of fused-ring (bicyclic) bond motifs is 1. The van der Waals surface area contributed by atoms with Gasteiger partial charge in [-0.1, -0.05) is 92.1 Å². The molecule has 3 fully saturated rings. The van der Waals surface area contributed by atoms with Crippen molar-refractivity contribution in [3.8, 4) is 0 Å². The Morgan fingerprint density at radius 2 is 1.49 bits per heavy atom. The Bertz CT molecular complexity index is 1650. The highest BCUT2D eigenvalue weighted by Gasteiger charge is 2.54. The Morgan fingerprint density at radius 3 is 2.20 bits per heavy atom. The van der Waals surface area contributed by atoms with E-state index in [9.17, 15) is 19.2 Å². The van der Waals surface area contributed by atoms with Crippen molar-refractivity contribution in [2.45, 2.75) is 81.6 Å².